The number of thioether (sulfide) groups is 1. The van der Waals surface area contributed by atoms with E-state index in [1.807, 2.05) is 73.7 Å². The fourth-order valence-corrected chi connectivity index (χ4v) is 7.62. The number of para-hydroxylation sites is 1. The van der Waals surface area contributed by atoms with Crippen LogP contribution in [-0.4, -0.2) is 22.7 Å². The van der Waals surface area contributed by atoms with E-state index in [2.05, 4.69) is 29.1 Å². The Kier molecular flexibility index (Phi) is 6.93. The van der Waals surface area contributed by atoms with Gasteiger partial charge in [-0.25, -0.2) is 0 Å². The highest BCUT2D eigenvalue weighted by molar-refractivity contribution is 8.08. The van der Waals surface area contributed by atoms with Crippen LogP contribution in [0.15, 0.2) is 93.7 Å². The Morgan fingerprint density at radius 3 is 2.38 bits per heavy atom. The molecule has 0 radical (unpaired) electrons. The number of thiazole rings is 1. The van der Waals surface area contributed by atoms with Gasteiger partial charge in [0.15, 0.2) is 0 Å². The molecule has 0 saturated heterocycles. The lowest BCUT2D eigenvalue weighted by atomic mass is 10.1. The number of rotatable bonds is 5. The lowest BCUT2D eigenvalue weighted by Gasteiger charge is -2.17. The minimum atomic E-state index is -0.230. The number of fused-ring (bicyclic) bond motifs is 1. The quantitative estimate of drug-likeness (QED) is 0.335. The van der Waals surface area contributed by atoms with Gasteiger partial charge in [-0.1, -0.05) is 71.9 Å². The van der Waals surface area contributed by atoms with Crippen molar-refractivity contribution >= 4 is 68.3 Å². The van der Waals surface area contributed by atoms with E-state index < -0.39 is 0 Å². The Balaban J connectivity index is 1.55. The second kappa shape index (κ2) is 10.5. The molecule has 2 aliphatic heterocycles. The summed E-state index contributed by atoms with van der Waals surface area (Å²) in [7, 11) is 0. The predicted octanol–water partition coefficient (Wildman–Crippen LogP) is 5.08. The van der Waals surface area contributed by atoms with Crippen molar-refractivity contribution in [2.24, 2.45) is 5.10 Å². The van der Waals surface area contributed by atoms with Crippen molar-refractivity contribution in [3.8, 4) is 0 Å². The Morgan fingerprint density at radius 2 is 1.67 bits per heavy atom. The molecule has 2 aliphatic rings. The number of hydrazone groups is 1. The van der Waals surface area contributed by atoms with Gasteiger partial charge < -0.3 is 4.90 Å². The third-order valence-electron chi connectivity index (χ3n) is 6.76. The molecule has 0 fully saturated rings. The summed E-state index contributed by atoms with van der Waals surface area (Å²) in [5, 5.41) is 7.52. The van der Waals surface area contributed by atoms with E-state index in [1.165, 1.54) is 16.3 Å². The number of nitrogens with zero attached hydrogens (tertiary/aromatic N) is 4. The van der Waals surface area contributed by atoms with Gasteiger partial charge in [-0.05, 0) is 56.2 Å². The van der Waals surface area contributed by atoms with Crippen LogP contribution in [0.5, 0.6) is 0 Å². The number of hydrogen-bond acceptors (Lipinski definition) is 6. The van der Waals surface area contributed by atoms with Gasteiger partial charge in [0.05, 0.1) is 22.7 Å². The fraction of sp³-hybridized carbons (Fsp3) is 0.167. The van der Waals surface area contributed by atoms with Crippen LogP contribution in [0.3, 0.4) is 0 Å². The molecular formula is C30H25ClN4O2S2. The van der Waals surface area contributed by atoms with Gasteiger partial charge in [0.25, 0.3) is 11.5 Å². The number of halogens is 1. The van der Waals surface area contributed by atoms with E-state index >= 15 is 0 Å². The van der Waals surface area contributed by atoms with Gasteiger partial charge in [0, 0.05) is 23.0 Å². The van der Waals surface area contributed by atoms with Crippen molar-refractivity contribution in [2.75, 3.05) is 16.5 Å². The number of hydrogen-bond donors (Lipinski definition) is 0. The van der Waals surface area contributed by atoms with Crippen molar-refractivity contribution in [2.45, 2.75) is 31.7 Å². The molecule has 196 valence electrons. The first-order chi connectivity index (χ1) is 19.0. The van der Waals surface area contributed by atoms with Crippen LogP contribution in [0.2, 0.25) is 5.02 Å². The average molecular weight is 573 g/mol. The van der Waals surface area contributed by atoms with Crippen molar-refractivity contribution in [3.63, 3.8) is 0 Å². The highest BCUT2D eigenvalue weighted by atomic mass is 35.5. The minimum Gasteiger partial charge on any atom is -0.334 e. The highest BCUT2D eigenvalue weighted by Crippen LogP contribution is 2.47. The molecule has 0 N–H and O–H groups in total. The molecule has 4 aromatic rings. The largest absolute Gasteiger partial charge is 0.334 e. The molecule has 3 heterocycles. The lowest BCUT2D eigenvalue weighted by Crippen LogP contribution is -2.36. The Labute approximate surface area is 239 Å². The molecule has 1 amide bonds. The Bertz CT molecular complexity index is 1800. The van der Waals surface area contributed by atoms with Gasteiger partial charge in [-0.2, -0.15) is 10.1 Å². The van der Waals surface area contributed by atoms with Gasteiger partial charge in [-0.15, -0.1) is 11.3 Å². The zero-order valence-corrected chi connectivity index (χ0v) is 23.8. The fourth-order valence-electron chi connectivity index (χ4n) is 4.86. The summed E-state index contributed by atoms with van der Waals surface area (Å²) in [5.74, 6) is -0.230. The topological polar surface area (TPSA) is 57.9 Å². The highest BCUT2D eigenvalue weighted by Gasteiger charge is 2.32. The van der Waals surface area contributed by atoms with Crippen LogP contribution in [0.25, 0.3) is 10.6 Å². The first-order valence-electron chi connectivity index (χ1n) is 12.7. The first kappa shape index (κ1) is 25.7. The molecule has 3 aromatic carbocycles. The molecule has 0 bridgehead atoms. The number of carbonyl (C=O) groups excluding carboxylic acids is 1. The second-order valence-electron chi connectivity index (χ2n) is 9.21. The molecule has 0 unspecified atom stereocenters. The third-order valence-corrected chi connectivity index (χ3v) is 9.49. The zero-order valence-electron chi connectivity index (χ0n) is 21.4. The first-order valence-corrected chi connectivity index (χ1v) is 14.7. The van der Waals surface area contributed by atoms with E-state index in [0.29, 0.717) is 50.7 Å². The summed E-state index contributed by atoms with van der Waals surface area (Å²) in [6, 6.07) is 25.2. The van der Waals surface area contributed by atoms with Crippen LogP contribution < -0.4 is 24.7 Å². The van der Waals surface area contributed by atoms with E-state index in [4.69, 9.17) is 11.6 Å². The van der Waals surface area contributed by atoms with Crippen LogP contribution >= 0.6 is 34.7 Å². The number of aryl methyl sites for hydroxylation is 1. The summed E-state index contributed by atoms with van der Waals surface area (Å²) in [6.07, 6.45) is 0.666. The van der Waals surface area contributed by atoms with E-state index in [-0.39, 0.29) is 11.5 Å². The average Bonchev–Trinajstić information content (AvgIpc) is 3.57. The number of carbonyl (C=O) groups is 1. The summed E-state index contributed by atoms with van der Waals surface area (Å²) >= 11 is 9.25. The smallest absolute Gasteiger partial charge is 0.283 e. The normalized spacial score (nSPS) is 17.6. The van der Waals surface area contributed by atoms with Gasteiger partial charge >= 0.3 is 0 Å². The Hall–Kier alpha value is -3.59. The molecule has 1 aromatic heterocycles. The molecule has 0 saturated carbocycles. The number of amides is 1. The molecule has 39 heavy (non-hydrogen) atoms. The molecule has 0 aliphatic carbocycles. The number of aromatic nitrogens is 1. The van der Waals surface area contributed by atoms with Crippen LogP contribution in [-0.2, 0) is 17.8 Å². The summed E-state index contributed by atoms with van der Waals surface area (Å²) in [6.45, 7) is 5.02. The van der Waals surface area contributed by atoms with Crippen molar-refractivity contribution in [3.05, 3.63) is 109 Å². The van der Waals surface area contributed by atoms with Crippen molar-refractivity contribution in [1.29, 1.82) is 0 Å². The van der Waals surface area contributed by atoms with Gasteiger partial charge in [0.2, 0.25) is 0 Å². The summed E-state index contributed by atoms with van der Waals surface area (Å²) in [5.41, 5.74) is 3.77. The molecule has 6 rings (SSSR count). The van der Waals surface area contributed by atoms with Gasteiger partial charge in [0.1, 0.15) is 14.2 Å². The third kappa shape index (κ3) is 4.62. The predicted molar refractivity (Wildman–Crippen MR) is 162 cm³/mol. The minimum absolute atomic E-state index is 0.1000. The van der Waals surface area contributed by atoms with Crippen molar-refractivity contribution in [1.82, 2.24) is 4.57 Å². The van der Waals surface area contributed by atoms with Crippen LogP contribution in [0, 0.1) is 0 Å². The molecule has 6 nitrogen and oxygen atoms in total. The van der Waals surface area contributed by atoms with Gasteiger partial charge in [-0.3, -0.25) is 14.2 Å². The molecule has 0 spiro atoms. The lowest BCUT2D eigenvalue weighted by molar-refractivity contribution is -0.112. The maximum Gasteiger partial charge on any atom is 0.283 e. The summed E-state index contributed by atoms with van der Waals surface area (Å²) in [4.78, 5) is 31.0. The Morgan fingerprint density at radius 1 is 0.949 bits per heavy atom. The monoisotopic (exact) mass is 572 g/mol. The summed E-state index contributed by atoms with van der Waals surface area (Å²) < 4.78 is 3.00. The maximum absolute atomic E-state index is 14.1. The van der Waals surface area contributed by atoms with E-state index in [9.17, 15) is 9.59 Å². The molecule has 0 atom stereocenters. The maximum atomic E-state index is 14.1. The SMILES string of the molecule is CCN1C(=c2sc(=C3C(=O)N(c4ccccc4)N=C3C)n(CCc3ccccc3)c2=O)Sc2ccc(Cl)cc21. The second-order valence-corrected chi connectivity index (χ2v) is 11.7. The molecular weight excluding hydrogens is 548 g/mol. The number of anilines is 2. The van der Waals surface area contributed by atoms with Crippen LogP contribution in [0.1, 0.15) is 19.4 Å². The van der Waals surface area contributed by atoms with E-state index in [0.717, 1.165) is 21.2 Å². The zero-order chi connectivity index (χ0) is 27.1. The standard InChI is InChI=1S/C30H25ClN4O2S2/c1-3-33-23-18-21(31)14-15-24(23)38-30(33)26-28(37)34(17-16-20-10-6-4-7-11-20)29(39-26)25-19(2)32-35(27(25)36)22-12-8-5-9-13-22/h4-15,18H,3,16-17H2,1-2H3. The molecule has 9 heteroatoms. The van der Waals surface area contributed by atoms with Crippen LogP contribution in [0.4, 0.5) is 11.4 Å². The van der Waals surface area contributed by atoms with E-state index in [1.54, 1.807) is 16.3 Å². The van der Waals surface area contributed by atoms with Crippen molar-refractivity contribution < 1.29 is 4.79 Å². The number of benzene rings is 3.